The summed E-state index contributed by atoms with van der Waals surface area (Å²) in [6.45, 7) is 10.5. The van der Waals surface area contributed by atoms with E-state index in [1.165, 1.54) is 0 Å². The van der Waals surface area contributed by atoms with Crippen molar-refractivity contribution in [2.24, 2.45) is 5.41 Å². The summed E-state index contributed by atoms with van der Waals surface area (Å²) in [6.07, 6.45) is 2.02. The number of aryl methyl sites for hydroxylation is 2. The summed E-state index contributed by atoms with van der Waals surface area (Å²) in [5.74, 6) is -0.714. The SMILES string of the molecule is CCn1nc(C)cc1CN1CCCC(C)(C)C1C(=O)O. The minimum Gasteiger partial charge on any atom is -0.480 e. The first-order valence-electron chi connectivity index (χ1n) is 7.35. The highest BCUT2D eigenvalue weighted by molar-refractivity contribution is 5.74. The molecule has 1 N–H and O–H groups in total. The molecular weight excluding hydrogens is 254 g/mol. The van der Waals surface area contributed by atoms with E-state index in [1.807, 2.05) is 11.6 Å². The first kappa shape index (κ1) is 15.0. The third-order valence-electron chi connectivity index (χ3n) is 4.26. The molecule has 2 heterocycles. The molecule has 0 aromatic carbocycles. The zero-order valence-corrected chi connectivity index (χ0v) is 12.9. The van der Waals surface area contributed by atoms with E-state index in [9.17, 15) is 9.90 Å². The molecule has 0 radical (unpaired) electrons. The van der Waals surface area contributed by atoms with Crippen molar-refractivity contribution in [3.8, 4) is 0 Å². The third-order valence-corrected chi connectivity index (χ3v) is 4.26. The quantitative estimate of drug-likeness (QED) is 0.918. The lowest BCUT2D eigenvalue weighted by molar-refractivity contribution is -0.151. The van der Waals surface area contributed by atoms with E-state index < -0.39 is 12.0 Å². The molecule has 1 aromatic heterocycles. The van der Waals surface area contributed by atoms with Crippen molar-refractivity contribution in [1.82, 2.24) is 14.7 Å². The van der Waals surface area contributed by atoms with Crippen LogP contribution in [0, 0.1) is 12.3 Å². The highest BCUT2D eigenvalue weighted by Gasteiger charge is 2.42. The van der Waals surface area contributed by atoms with Gasteiger partial charge in [-0.2, -0.15) is 5.10 Å². The maximum Gasteiger partial charge on any atom is 0.321 e. The van der Waals surface area contributed by atoms with Gasteiger partial charge in [-0.05, 0) is 44.7 Å². The molecule has 0 spiro atoms. The first-order chi connectivity index (χ1) is 9.35. The number of nitrogens with zero attached hydrogens (tertiary/aromatic N) is 3. The number of carboxylic acids is 1. The summed E-state index contributed by atoms with van der Waals surface area (Å²) >= 11 is 0. The fourth-order valence-corrected chi connectivity index (χ4v) is 3.37. The molecule has 5 heteroatoms. The van der Waals surface area contributed by atoms with E-state index >= 15 is 0 Å². The Bertz CT molecular complexity index is 493. The van der Waals surface area contributed by atoms with Crippen molar-refractivity contribution in [3.05, 3.63) is 17.5 Å². The number of likely N-dealkylation sites (tertiary alicyclic amines) is 1. The van der Waals surface area contributed by atoms with Crippen LogP contribution in [-0.4, -0.2) is 38.3 Å². The molecule has 1 saturated heterocycles. The molecule has 1 atom stereocenters. The van der Waals surface area contributed by atoms with Crippen LogP contribution < -0.4 is 0 Å². The molecule has 2 rings (SSSR count). The second kappa shape index (κ2) is 5.56. The average molecular weight is 279 g/mol. The van der Waals surface area contributed by atoms with Crippen molar-refractivity contribution in [1.29, 1.82) is 0 Å². The number of hydrogen-bond donors (Lipinski definition) is 1. The number of carbonyl (C=O) groups is 1. The molecule has 1 aliphatic heterocycles. The van der Waals surface area contributed by atoms with E-state index in [1.54, 1.807) is 0 Å². The van der Waals surface area contributed by atoms with Gasteiger partial charge in [0.2, 0.25) is 0 Å². The lowest BCUT2D eigenvalue weighted by Crippen LogP contribution is -2.53. The van der Waals surface area contributed by atoms with Crippen LogP contribution in [0.5, 0.6) is 0 Å². The van der Waals surface area contributed by atoms with E-state index in [-0.39, 0.29) is 5.41 Å². The Morgan fingerprint density at radius 1 is 1.55 bits per heavy atom. The molecule has 1 unspecified atom stereocenters. The largest absolute Gasteiger partial charge is 0.480 e. The Balaban J connectivity index is 2.24. The molecular formula is C15H25N3O2. The number of aromatic nitrogens is 2. The Morgan fingerprint density at radius 2 is 2.25 bits per heavy atom. The van der Waals surface area contributed by atoms with Crippen LogP contribution in [0.15, 0.2) is 6.07 Å². The summed E-state index contributed by atoms with van der Waals surface area (Å²) < 4.78 is 1.97. The number of rotatable bonds is 4. The zero-order chi connectivity index (χ0) is 14.9. The van der Waals surface area contributed by atoms with Crippen LogP contribution in [0.3, 0.4) is 0 Å². The Hall–Kier alpha value is -1.36. The molecule has 0 bridgehead atoms. The Labute approximate surface area is 120 Å². The summed E-state index contributed by atoms with van der Waals surface area (Å²) in [7, 11) is 0. The van der Waals surface area contributed by atoms with Crippen molar-refractivity contribution >= 4 is 5.97 Å². The van der Waals surface area contributed by atoms with Gasteiger partial charge in [0.25, 0.3) is 0 Å². The number of hydrogen-bond acceptors (Lipinski definition) is 3. The van der Waals surface area contributed by atoms with Crippen LogP contribution in [-0.2, 0) is 17.9 Å². The van der Waals surface area contributed by atoms with E-state index in [4.69, 9.17) is 0 Å². The van der Waals surface area contributed by atoms with Crippen molar-refractivity contribution in [3.63, 3.8) is 0 Å². The topological polar surface area (TPSA) is 58.4 Å². The first-order valence-corrected chi connectivity index (χ1v) is 7.35. The van der Waals surface area contributed by atoms with Crippen molar-refractivity contribution in [2.75, 3.05) is 6.54 Å². The standard InChI is InChI=1S/C15H25N3O2/c1-5-18-12(9-11(2)16-18)10-17-8-6-7-15(3,4)13(17)14(19)20/h9,13H,5-8,10H2,1-4H3,(H,19,20). The number of carboxylic acid groups (broad SMARTS) is 1. The van der Waals surface area contributed by atoms with Gasteiger partial charge in [-0.3, -0.25) is 14.4 Å². The molecule has 112 valence electrons. The maximum absolute atomic E-state index is 11.7. The maximum atomic E-state index is 11.7. The third kappa shape index (κ3) is 2.87. The second-order valence-corrected chi connectivity index (χ2v) is 6.40. The zero-order valence-electron chi connectivity index (χ0n) is 12.9. The van der Waals surface area contributed by atoms with Gasteiger partial charge in [-0.15, -0.1) is 0 Å². The highest BCUT2D eigenvalue weighted by Crippen LogP contribution is 2.36. The highest BCUT2D eigenvalue weighted by atomic mass is 16.4. The van der Waals surface area contributed by atoms with E-state index in [2.05, 4.69) is 36.8 Å². The summed E-state index contributed by atoms with van der Waals surface area (Å²) in [4.78, 5) is 13.8. The summed E-state index contributed by atoms with van der Waals surface area (Å²) in [5, 5.41) is 14.0. The minimum absolute atomic E-state index is 0.184. The van der Waals surface area contributed by atoms with Gasteiger partial charge in [0, 0.05) is 13.1 Å². The van der Waals surface area contributed by atoms with Crippen LogP contribution in [0.4, 0.5) is 0 Å². The van der Waals surface area contributed by atoms with E-state index in [0.29, 0.717) is 6.54 Å². The number of piperidine rings is 1. The molecule has 0 amide bonds. The monoisotopic (exact) mass is 279 g/mol. The fraction of sp³-hybridized carbons (Fsp3) is 0.733. The number of aliphatic carboxylic acids is 1. The smallest absolute Gasteiger partial charge is 0.321 e. The van der Waals surface area contributed by atoms with Crippen LogP contribution in [0.2, 0.25) is 0 Å². The van der Waals surface area contributed by atoms with Gasteiger partial charge in [0.15, 0.2) is 0 Å². The normalized spacial score (nSPS) is 22.9. The predicted octanol–water partition coefficient (Wildman–Crippen LogP) is 2.29. The molecule has 1 fully saturated rings. The predicted molar refractivity (Wildman–Crippen MR) is 77.5 cm³/mol. The lowest BCUT2D eigenvalue weighted by atomic mass is 9.76. The average Bonchev–Trinajstić information content (AvgIpc) is 2.67. The molecule has 5 nitrogen and oxygen atoms in total. The summed E-state index contributed by atoms with van der Waals surface area (Å²) in [5.41, 5.74) is 1.91. The fourth-order valence-electron chi connectivity index (χ4n) is 3.37. The van der Waals surface area contributed by atoms with Gasteiger partial charge < -0.3 is 5.11 Å². The van der Waals surface area contributed by atoms with Crippen molar-refractivity contribution < 1.29 is 9.90 Å². The van der Waals surface area contributed by atoms with Crippen LogP contribution >= 0.6 is 0 Å². The van der Waals surface area contributed by atoms with Gasteiger partial charge in [0.1, 0.15) is 6.04 Å². The lowest BCUT2D eigenvalue weighted by Gasteiger charge is -2.44. The Kier molecular flexibility index (Phi) is 4.18. The summed E-state index contributed by atoms with van der Waals surface area (Å²) in [6, 6.07) is 1.64. The minimum atomic E-state index is -0.714. The van der Waals surface area contributed by atoms with Crippen LogP contribution in [0.25, 0.3) is 0 Å². The molecule has 1 aromatic rings. The second-order valence-electron chi connectivity index (χ2n) is 6.40. The Morgan fingerprint density at radius 3 is 2.85 bits per heavy atom. The van der Waals surface area contributed by atoms with Gasteiger partial charge in [-0.1, -0.05) is 13.8 Å². The van der Waals surface area contributed by atoms with Gasteiger partial charge in [-0.25, -0.2) is 0 Å². The molecule has 0 aliphatic carbocycles. The molecule has 20 heavy (non-hydrogen) atoms. The van der Waals surface area contributed by atoms with E-state index in [0.717, 1.165) is 37.3 Å². The van der Waals surface area contributed by atoms with Crippen molar-refractivity contribution in [2.45, 2.75) is 59.7 Å². The van der Waals surface area contributed by atoms with Crippen LogP contribution in [0.1, 0.15) is 45.0 Å². The van der Waals surface area contributed by atoms with Gasteiger partial charge in [0.05, 0.1) is 11.4 Å². The van der Waals surface area contributed by atoms with Gasteiger partial charge >= 0.3 is 5.97 Å². The molecule has 0 saturated carbocycles. The molecule has 1 aliphatic rings.